The molecule has 0 amide bonds. The number of anilines is 1. The van der Waals surface area contributed by atoms with Crippen molar-refractivity contribution in [2.45, 2.75) is 38.8 Å². The lowest BCUT2D eigenvalue weighted by atomic mass is 10.0. The van der Waals surface area contributed by atoms with Crippen LogP contribution in [0.15, 0.2) is 47.9 Å². The molecule has 0 radical (unpaired) electrons. The Balaban J connectivity index is 1.49. The Morgan fingerprint density at radius 1 is 1.11 bits per heavy atom. The second kappa shape index (κ2) is 6.82. The van der Waals surface area contributed by atoms with Crippen molar-refractivity contribution in [3.8, 4) is 11.4 Å². The normalized spacial score (nSPS) is 20.7. The Morgan fingerprint density at radius 3 is 2.79 bits per heavy atom. The van der Waals surface area contributed by atoms with E-state index in [1.807, 2.05) is 12.4 Å². The Morgan fingerprint density at radius 2 is 1.96 bits per heavy atom. The summed E-state index contributed by atoms with van der Waals surface area (Å²) in [4.78, 5) is 32.4. The summed E-state index contributed by atoms with van der Waals surface area (Å²) in [6.45, 7) is 3.81. The maximum atomic E-state index is 12.8. The molecule has 1 aliphatic carbocycles. The van der Waals surface area contributed by atoms with E-state index in [1.165, 1.54) is 17.5 Å². The number of hydrogen-bond acceptors (Lipinski definition) is 6. The third-order valence-electron chi connectivity index (χ3n) is 5.87. The van der Waals surface area contributed by atoms with Crippen LogP contribution in [0, 0.1) is 5.92 Å². The number of fused-ring (bicyclic) bond motifs is 2. The minimum Gasteiger partial charge on any atom is -0.339 e. The van der Waals surface area contributed by atoms with Crippen LogP contribution < -0.4 is 10.5 Å². The van der Waals surface area contributed by atoms with Gasteiger partial charge in [-0.2, -0.15) is 0 Å². The lowest BCUT2D eigenvalue weighted by Crippen LogP contribution is -2.46. The predicted molar refractivity (Wildman–Crippen MR) is 106 cm³/mol. The molecular formula is C21H22N6O. The third-order valence-corrected chi connectivity index (χ3v) is 5.87. The molecule has 3 aromatic rings. The fourth-order valence-electron chi connectivity index (χ4n) is 4.37. The van der Waals surface area contributed by atoms with Gasteiger partial charge in [0.2, 0.25) is 5.95 Å². The first kappa shape index (κ1) is 17.0. The molecule has 142 valence electrons. The van der Waals surface area contributed by atoms with E-state index in [0.717, 1.165) is 31.8 Å². The Bertz CT molecular complexity index is 1040. The number of aromatic nitrogens is 5. The number of nitrogens with zero attached hydrogens (tertiary/aromatic N) is 6. The highest BCUT2D eigenvalue weighted by Crippen LogP contribution is 2.30. The van der Waals surface area contributed by atoms with E-state index in [0.29, 0.717) is 29.9 Å². The van der Waals surface area contributed by atoms with Crippen molar-refractivity contribution in [3.63, 3.8) is 0 Å². The van der Waals surface area contributed by atoms with Crippen molar-refractivity contribution in [1.82, 2.24) is 24.5 Å². The lowest BCUT2D eigenvalue weighted by molar-refractivity contribution is 0.419. The van der Waals surface area contributed by atoms with Gasteiger partial charge in [0.05, 0.1) is 11.4 Å². The van der Waals surface area contributed by atoms with E-state index in [-0.39, 0.29) is 5.56 Å². The Hall–Kier alpha value is -3.09. The molecule has 1 aliphatic heterocycles. The van der Waals surface area contributed by atoms with Gasteiger partial charge in [0, 0.05) is 43.8 Å². The molecule has 0 fully saturated rings. The molecule has 28 heavy (non-hydrogen) atoms. The van der Waals surface area contributed by atoms with Gasteiger partial charge in [-0.1, -0.05) is 0 Å². The van der Waals surface area contributed by atoms with Crippen LogP contribution in [0.25, 0.3) is 11.4 Å². The standard InChI is InChI=1S/C21H22N6O/c1-14-4-7-26-20(28)10-19(18-3-6-23-13-24-18)25-21(26)27(14)12-15-8-16-2-5-22-11-17(16)9-15/h2-3,5-6,10-11,13-15H,4,7-9,12H2,1H3. The van der Waals surface area contributed by atoms with E-state index >= 15 is 0 Å². The van der Waals surface area contributed by atoms with Crippen molar-refractivity contribution >= 4 is 5.95 Å². The van der Waals surface area contributed by atoms with Gasteiger partial charge in [-0.25, -0.2) is 15.0 Å². The van der Waals surface area contributed by atoms with Gasteiger partial charge in [-0.3, -0.25) is 14.3 Å². The quantitative estimate of drug-likeness (QED) is 0.699. The van der Waals surface area contributed by atoms with Crippen molar-refractivity contribution in [1.29, 1.82) is 0 Å². The second-order valence-electron chi connectivity index (χ2n) is 7.73. The molecule has 3 aromatic heterocycles. The van der Waals surface area contributed by atoms with Crippen molar-refractivity contribution in [2.24, 2.45) is 5.92 Å². The smallest absolute Gasteiger partial charge is 0.255 e. The summed E-state index contributed by atoms with van der Waals surface area (Å²) in [6.07, 6.45) is 10.0. The highest BCUT2D eigenvalue weighted by molar-refractivity contribution is 5.55. The van der Waals surface area contributed by atoms with Gasteiger partial charge in [0.25, 0.3) is 5.56 Å². The van der Waals surface area contributed by atoms with Gasteiger partial charge in [0.15, 0.2) is 0 Å². The summed E-state index contributed by atoms with van der Waals surface area (Å²) < 4.78 is 1.80. The van der Waals surface area contributed by atoms with Crippen LogP contribution in [-0.2, 0) is 19.4 Å². The summed E-state index contributed by atoms with van der Waals surface area (Å²) in [6, 6.07) is 5.83. The molecule has 0 saturated carbocycles. The third kappa shape index (κ3) is 2.96. The van der Waals surface area contributed by atoms with E-state index < -0.39 is 0 Å². The zero-order chi connectivity index (χ0) is 19.1. The second-order valence-corrected chi connectivity index (χ2v) is 7.73. The monoisotopic (exact) mass is 374 g/mol. The molecule has 0 saturated heterocycles. The van der Waals surface area contributed by atoms with Crippen LogP contribution in [0.4, 0.5) is 5.95 Å². The van der Waals surface area contributed by atoms with Crippen LogP contribution in [0.2, 0.25) is 0 Å². The molecule has 5 rings (SSSR count). The summed E-state index contributed by atoms with van der Waals surface area (Å²) >= 11 is 0. The van der Waals surface area contributed by atoms with Crippen LogP contribution in [0.1, 0.15) is 24.5 Å². The fourth-order valence-corrected chi connectivity index (χ4v) is 4.37. The number of hydrogen-bond donors (Lipinski definition) is 0. The highest BCUT2D eigenvalue weighted by atomic mass is 16.1. The van der Waals surface area contributed by atoms with Gasteiger partial charge in [-0.15, -0.1) is 0 Å². The molecule has 2 aliphatic rings. The molecule has 7 nitrogen and oxygen atoms in total. The molecular weight excluding hydrogens is 352 g/mol. The zero-order valence-electron chi connectivity index (χ0n) is 15.8. The van der Waals surface area contributed by atoms with Gasteiger partial charge >= 0.3 is 0 Å². The molecule has 0 bridgehead atoms. The summed E-state index contributed by atoms with van der Waals surface area (Å²) in [5.41, 5.74) is 4.00. The molecule has 0 N–H and O–H groups in total. The Kier molecular flexibility index (Phi) is 4.15. The molecule has 0 aromatic carbocycles. The SMILES string of the molecule is CC1CCn2c(nc(-c3ccncn3)cc2=O)N1CC1Cc2ccncc2C1. The largest absolute Gasteiger partial charge is 0.339 e. The highest BCUT2D eigenvalue weighted by Gasteiger charge is 2.30. The first-order valence-corrected chi connectivity index (χ1v) is 9.75. The minimum absolute atomic E-state index is 0.0191. The Labute approximate surface area is 163 Å². The van der Waals surface area contributed by atoms with Crippen LogP contribution in [0.3, 0.4) is 0 Å². The molecule has 0 spiro atoms. The topological polar surface area (TPSA) is 76.8 Å². The van der Waals surface area contributed by atoms with Crippen molar-refractivity contribution in [2.75, 3.05) is 11.4 Å². The van der Waals surface area contributed by atoms with E-state index in [9.17, 15) is 4.79 Å². The number of pyridine rings is 1. The predicted octanol–water partition coefficient (Wildman–Crippen LogP) is 2.11. The van der Waals surface area contributed by atoms with E-state index in [4.69, 9.17) is 4.98 Å². The average Bonchev–Trinajstić information content (AvgIpc) is 3.13. The average molecular weight is 374 g/mol. The number of rotatable bonds is 3. The maximum Gasteiger partial charge on any atom is 0.255 e. The van der Waals surface area contributed by atoms with Crippen LogP contribution in [-0.4, -0.2) is 37.1 Å². The first-order chi connectivity index (χ1) is 13.7. The first-order valence-electron chi connectivity index (χ1n) is 9.75. The van der Waals surface area contributed by atoms with Gasteiger partial charge < -0.3 is 4.90 Å². The van der Waals surface area contributed by atoms with E-state index in [1.54, 1.807) is 22.9 Å². The molecule has 7 heteroatoms. The van der Waals surface area contributed by atoms with Crippen LogP contribution >= 0.6 is 0 Å². The zero-order valence-corrected chi connectivity index (χ0v) is 15.8. The van der Waals surface area contributed by atoms with Crippen LogP contribution in [0.5, 0.6) is 0 Å². The summed E-state index contributed by atoms with van der Waals surface area (Å²) in [5, 5.41) is 0. The molecule has 4 heterocycles. The summed E-state index contributed by atoms with van der Waals surface area (Å²) in [5.74, 6) is 1.27. The molecule has 2 unspecified atom stereocenters. The summed E-state index contributed by atoms with van der Waals surface area (Å²) in [7, 11) is 0. The van der Waals surface area contributed by atoms with Crippen molar-refractivity contribution in [3.05, 3.63) is 64.6 Å². The van der Waals surface area contributed by atoms with Gasteiger partial charge in [0.1, 0.15) is 6.33 Å². The van der Waals surface area contributed by atoms with Crippen molar-refractivity contribution < 1.29 is 0 Å². The minimum atomic E-state index is -0.0191. The molecule has 2 atom stereocenters. The lowest BCUT2D eigenvalue weighted by Gasteiger charge is -2.38. The fraction of sp³-hybridized carbons (Fsp3) is 0.381. The van der Waals surface area contributed by atoms with Gasteiger partial charge in [-0.05, 0) is 55.4 Å². The maximum absolute atomic E-state index is 12.8. The van der Waals surface area contributed by atoms with E-state index in [2.05, 4.69) is 32.8 Å².